The summed E-state index contributed by atoms with van der Waals surface area (Å²) >= 11 is 0. The van der Waals surface area contributed by atoms with Crippen molar-refractivity contribution in [3.8, 4) is 0 Å². The lowest BCUT2D eigenvalue weighted by molar-refractivity contribution is -0.142. The van der Waals surface area contributed by atoms with Crippen molar-refractivity contribution in [1.82, 2.24) is 5.32 Å². The van der Waals surface area contributed by atoms with E-state index in [0.717, 1.165) is 0 Å². The van der Waals surface area contributed by atoms with E-state index in [1.54, 1.807) is 27.7 Å². The molecule has 0 saturated carbocycles. The second-order valence-electron chi connectivity index (χ2n) is 5.01. The molecule has 5 heteroatoms. The first kappa shape index (κ1) is 15.7. The largest absolute Gasteiger partial charge is 0.481 e. The van der Waals surface area contributed by atoms with E-state index < -0.39 is 29.6 Å². The summed E-state index contributed by atoms with van der Waals surface area (Å²) in [6.07, 6.45) is 0.470. The zero-order chi connectivity index (χ0) is 13.6. The van der Waals surface area contributed by atoms with Crippen molar-refractivity contribution in [2.24, 2.45) is 5.92 Å². The first-order valence-electron chi connectivity index (χ1n) is 5.93. The molecule has 100 valence electrons. The molecule has 0 spiro atoms. The number of nitrogens with one attached hydrogen (secondary N) is 1. The van der Waals surface area contributed by atoms with Crippen LogP contribution in [0.25, 0.3) is 0 Å². The van der Waals surface area contributed by atoms with Crippen molar-refractivity contribution in [3.05, 3.63) is 0 Å². The number of amides is 1. The average molecular weight is 245 g/mol. The number of alkyl carbamates (subject to hydrolysis) is 1. The van der Waals surface area contributed by atoms with Crippen LogP contribution in [0.1, 0.15) is 47.5 Å². The van der Waals surface area contributed by atoms with Gasteiger partial charge in [-0.2, -0.15) is 0 Å². The summed E-state index contributed by atoms with van der Waals surface area (Å²) in [7, 11) is 0. The maximum atomic E-state index is 11.5. The van der Waals surface area contributed by atoms with Crippen molar-refractivity contribution < 1.29 is 19.4 Å². The maximum Gasteiger partial charge on any atom is 0.407 e. The highest BCUT2D eigenvalue weighted by Gasteiger charge is 2.28. The Labute approximate surface area is 103 Å². The van der Waals surface area contributed by atoms with Gasteiger partial charge in [0.05, 0.1) is 5.92 Å². The quantitative estimate of drug-likeness (QED) is 0.779. The lowest BCUT2D eigenvalue weighted by atomic mass is 9.95. The van der Waals surface area contributed by atoms with Crippen LogP contribution in [0.2, 0.25) is 0 Å². The Bertz CT molecular complexity index is 270. The molecule has 1 amide bonds. The zero-order valence-electron chi connectivity index (χ0n) is 11.2. The van der Waals surface area contributed by atoms with Crippen LogP contribution >= 0.6 is 0 Å². The van der Waals surface area contributed by atoms with Gasteiger partial charge in [-0.15, -0.1) is 0 Å². The van der Waals surface area contributed by atoms with E-state index in [2.05, 4.69) is 5.32 Å². The van der Waals surface area contributed by atoms with Crippen molar-refractivity contribution in [1.29, 1.82) is 0 Å². The zero-order valence-corrected chi connectivity index (χ0v) is 11.2. The molecule has 17 heavy (non-hydrogen) atoms. The van der Waals surface area contributed by atoms with Gasteiger partial charge in [-0.05, 0) is 33.6 Å². The van der Waals surface area contributed by atoms with Gasteiger partial charge in [-0.25, -0.2) is 4.79 Å². The second kappa shape index (κ2) is 6.47. The molecule has 0 aliphatic carbocycles. The van der Waals surface area contributed by atoms with Gasteiger partial charge in [-0.1, -0.05) is 13.8 Å². The number of carbonyl (C=O) groups is 2. The van der Waals surface area contributed by atoms with Crippen LogP contribution in [0.4, 0.5) is 4.79 Å². The summed E-state index contributed by atoms with van der Waals surface area (Å²) in [6.45, 7) is 8.93. The Morgan fingerprint density at radius 3 is 2.06 bits per heavy atom. The van der Waals surface area contributed by atoms with Crippen molar-refractivity contribution in [2.75, 3.05) is 0 Å². The number of rotatable bonds is 5. The van der Waals surface area contributed by atoms with Gasteiger partial charge >= 0.3 is 12.1 Å². The first-order chi connectivity index (χ1) is 7.71. The fourth-order valence-electron chi connectivity index (χ4n) is 1.58. The molecule has 0 radical (unpaired) electrons. The first-order valence-corrected chi connectivity index (χ1v) is 5.93. The Morgan fingerprint density at radius 1 is 1.24 bits per heavy atom. The number of carbonyl (C=O) groups excluding carboxylic acids is 1. The highest BCUT2D eigenvalue weighted by molar-refractivity contribution is 5.73. The molecular formula is C12H23NO4. The van der Waals surface area contributed by atoms with Crippen molar-refractivity contribution in [2.45, 2.75) is 59.1 Å². The number of carboxylic acid groups (broad SMARTS) is 1. The standard InChI is InChI=1S/C12H23NO4/c1-6-8(10(14)15)9(7-2)13-11(16)17-12(3,4)5/h8-9H,6-7H2,1-5H3,(H,13,16)(H,14,15)/t8-,9+/m0/s1. The van der Waals surface area contributed by atoms with Crippen LogP contribution in [-0.4, -0.2) is 28.8 Å². The highest BCUT2D eigenvalue weighted by atomic mass is 16.6. The topological polar surface area (TPSA) is 75.6 Å². The molecule has 0 aliphatic rings. The van der Waals surface area contributed by atoms with Gasteiger partial charge in [0, 0.05) is 6.04 Å². The van der Waals surface area contributed by atoms with Gasteiger partial charge in [0.2, 0.25) is 0 Å². The monoisotopic (exact) mass is 245 g/mol. The van der Waals surface area contributed by atoms with Gasteiger partial charge in [-0.3, -0.25) is 4.79 Å². The SMILES string of the molecule is CC[C@H](C(=O)O)[C@@H](CC)NC(=O)OC(C)(C)C. The molecule has 5 nitrogen and oxygen atoms in total. The average Bonchev–Trinajstić information content (AvgIpc) is 2.13. The number of hydrogen-bond acceptors (Lipinski definition) is 3. The molecule has 0 rings (SSSR count). The lowest BCUT2D eigenvalue weighted by Crippen LogP contribution is -2.44. The van der Waals surface area contributed by atoms with Gasteiger partial charge < -0.3 is 15.2 Å². The van der Waals surface area contributed by atoms with Gasteiger partial charge in [0.25, 0.3) is 0 Å². The molecule has 0 aromatic rings. The molecule has 0 heterocycles. The predicted molar refractivity (Wildman–Crippen MR) is 64.9 cm³/mol. The van der Waals surface area contributed by atoms with E-state index in [4.69, 9.17) is 9.84 Å². The third kappa shape index (κ3) is 6.14. The van der Waals surface area contributed by atoms with E-state index >= 15 is 0 Å². The minimum atomic E-state index is -0.893. The van der Waals surface area contributed by atoms with E-state index in [0.29, 0.717) is 12.8 Å². The van der Waals surface area contributed by atoms with Crippen LogP contribution < -0.4 is 5.32 Å². The lowest BCUT2D eigenvalue weighted by Gasteiger charge is -2.25. The van der Waals surface area contributed by atoms with Gasteiger partial charge in [0.1, 0.15) is 5.60 Å². The van der Waals surface area contributed by atoms with E-state index in [1.165, 1.54) is 0 Å². The van der Waals surface area contributed by atoms with Crippen molar-refractivity contribution in [3.63, 3.8) is 0 Å². The molecule has 2 N–H and O–H groups in total. The normalized spacial score (nSPS) is 14.9. The second-order valence-corrected chi connectivity index (χ2v) is 5.01. The third-order valence-electron chi connectivity index (χ3n) is 2.38. The summed E-state index contributed by atoms with van der Waals surface area (Å²) in [5.74, 6) is -1.47. The number of carboxylic acids is 1. The van der Waals surface area contributed by atoms with Crippen LogP contribution in [0.5, 0.6) is 0 Å². The molecule has 0 fully saturated rings. The summed E-state index contributed by atoms with van der Waals surface area (Å²) in [5, 5.41) is 11.6. The Kier molecular flexibility index (Phi) is 5.99. The highest BCUT2D eigenvalue weighted by Crippen LogP contribution is 2.14. The third-order valence-corrected chi connectivity index (χ3v) is 2.38. The predicted octanol–water partition coefficient (Wildman–Crippen LogP) is 2.40. The molecule has 0 saturated heterocycles. The van der Waals surface area contributed by atoms with E-state index in [1.807, 2.05) is 6.92 Å². The molecule has 0 aromatic carbocycles. The Morgan fingerprint density at radius 2 is 1.76 bits per heavy atom. The van der Waals surface area contributed by atoms with Crippen LogP contribution in [0, 0.1) is 5.92 Å². The summed E-state index contributed by atoms with van der Waals surface area (Å²) < 4.78 is 5.10. The molecule has 2 atom stereocenters. The Balaban J connectivity index is 4.49. The molecule has 0 aromatic heterocycles. The van der Waals surface area contributed by atoms with Crippen LogP contribution in [0.3, 0.4) is 0 Å². The van der Waals surface area contributed by atoms with Gasteiger partial charge in [0.15, 0.2) is 0 Å². The summed E-state index contributed by atoms with van der Waals surface area (Å²) in [4.78, 5) is 22.6. The molecule has 0 aliphatic heterocycles. The molecular weight excluding hydrogens is 222 g/mol. The Hall–Kier alpha value is -1.26. The molecule has 0 bridgehead atoms. The van der Waals surface area contributed by atoms with Crippen LogP contribution in [0.15, 0.2) is 0 Å². The van der Waals surface area contributed by atoms with E-state index in [9.17, 15) is 9.59 Å². The molecule has 0 unspecified atom stereocenters. The number of hydrogen-bond donors (Lipinski definition) is 2. The van der Waals surface area contributed by atoms with Crippen molar-refractivity contribution >= 4 is 12.1 Å². The smallest absolute Gasteiger partial charge is 0.407 e. The van der Waals surface area contributed by atoms with E-state index in [-0.39, 0.29) is 0 Å². The summed E-state index contributed by atoms with van der Waals surface area (Å²) in [6, 6.07) is -0.396. The minimum Gasteiger partial charge on any atom is -0.481 e. The minimum absolute atomic E-state index is 0.396. The number of ether oxygens (including phenoxy) is 1. The fraction of sp³-hybridized carbons (Fsp3) is 0.833. The van der Waals surface area contributed by atoms with Crippen LogP contribution in [-0.2, 0) is 9.53 Å². The fourth-order valence-corrected chi connectivity index (χ4v) is 1.58. The number of aliphatic carboxylic acids is 1. The maximum absolute atomic E-state index is 11.5. The summed E-state index contributed by atoms with van der Waals surface area (Å²) in [5.41, 5.74) is -0.576.